The summed E-state index contributed by atoms with van der Waals surface area (Å²) >= 11 is 11.8. The molecule has 2 heterocycles. The highest BCUT2D eigenvalue weighted by molar-refractivity contribution is 6.42. The summed E-state index contributed by atoms with van der Waals surface area (Å²) in [6.07, 6.45) is 0. The van der Waals surface area contributed by atoms with Crippen molar-refractivity contribution in [1.82, 2.24) is 9.78 Å². The topological polar surface area (TPSA) is 82.5 Å². The summed E-state index contributed by atoms with van der Waals surface area (Å²) in [6, 6.07) is 13.0. The summed E-state index contributed by atoms with van der Waals surface area (Å²) in [6.45, 7) is -0.0852. The van der Waals surface area contributed by atoms with Crippen LogP contribution >= 0.6 is 23.2 Å². The monoisotopic (exact) mass is 417 g/mol. The van der Waals surface area contributed by atoms with Crippen LogP contribution in [-0.2, 0) is 11.3 Å². The van der Waals surface area contributed by atoms with Crippen molar-refractivity contribution in [3.8, 4) is 22.8 Å². The second-order valence-corrected chi connectivity index (χ2v) is 6.77. The number of rotatable bonds is 4. The smallest absolute Gasteiger partial charge is 0.267 e. The number of hydrogen-bond acceptors (Lipinski definition) is 5. The molecule has 0 aliphatic carbocycles. The van der Waals surface area contributed by atoms with E-state index in [-0.39, 0.29) is 13.3 Å². The van der Waals surface area contributed by atoms with Crippen molar-refractivity contribution in [1.29, 1.82) is 0 Å². The molecule has 0 radical (unpaired) electrons. The molecule has 0 fully saturated rings. The lowest BCUT2D eigenvalue weighted by Gasteiger charge is -2.09. The third-order valence-electron chi connectivity index (χ3n) is 4.03. The molecule has 0 spiro atoms. The van der Waals surface area contributed by atoms with Crippen LogP contribution < -0.4 is 20.3 Å². The number of nitrogens with one attached hydrogen (secondary N) is 1. The number of nitrogens with zero attached hydrogens (tertiary/aromatic N) is 2. The quantitative estimate of drug-likeness (QED) is 0.701. The van der Waals surface area contributed by atoms with E-state index < -0.39 is 11.5 Å². The number of halogens is 2. The lowest BCUT2D eigenvalue weighted by atomic mass is 10.1. The third kappa shape index (κ3) is 3.81. The molecule has 7 nitrogen and oxygen atoms in total. The molecular formula is C19H13Cl2N3O4. The molecule has 1 aliphatic rings. The molecule has 0 saturated carbocycles. The van der Waals surface area contributed by atoms with Crippen LogP contribution in [0.4, 0.5) is 5.69 Å². The van der Waals surface area contributed by atoms with Gasteiger partial charge in [-0.2, -0.15) is 5.10 Å². The number of benzene rings is 2. The van der Waals surface area contributed by atoms with Crippen LogP contribution in [0.2, 0.25) is 10.0 Å². The molecule has 28 heavy (non-hydrogen) atoms. The van der Waals surface area contributed by atoms with E-state index >= 15 is 0 Å². The number of ether oxygens (including phenoxy) is 2. The van der Waals surface area contributed by atoms with E-state index in [1.165, 1.54) is 12.1 Å². The van der Waals surface area contributed by atoms with Gasteiger partial charge in [-0.05, 0) is 42.5 Å². The van der Waals surface area contributed by atoms with Crippen molar-refractivity contribution >= 4 is 34.8 Å². The van der Waals surface area contributed by atoms with Gasteiger partial charge in [0.2, 0.25) is 12.7 Å². The molecule has 9 heteroatoms. The van der Waals surface area contributed by atoms with E-state index in [0.717, 1.165) is 10.2 Å². The number of amides is 1. The summed E-state index contributed by atoms with van der Waals surface area (Å²) < 4.78 is 11.7. The maximum Gasteiger partial charge on any atom is 0.267 e. The predicted molar refractivity (Wildman–Crippen MR) is 105 cm³/mol. The van der Waals surface area contributed by atoms with Crippen molar-refractivity contribution in [2.24, 2.45) is 0 Å². The van der Waals surface area contributed by atoms with E-state index in [9.17, 15) is 9.59 Å². The van der Waals surface area contributed by atoms with E-state index in [4.69, 9.17) is 32.7 Å². The zero-order chi connectivity index (χ0) is 19.7. The van der Waals surface area contributed by atoms with Gasteiger partial charge in [-0.15, -0.1) is 0 Å². The van der Waals surface area contributed by atoms with E-state index in [0.29, 0.717) is 32.9 Å². The van der Waals surface area contributed by atoms with Crippen molar-refractivity contribution in [2.75, 3.05) is 12.1 Å². The Labute approximate surface area is 169 Å². The highest BCUT2D eigenvalue weighted by atomic mass is 35.5. The number of carbonyl (C=O) groups is 1. The molecule has 2 aromatic carbocycles. The van der Waals surface area contributed by atoms with Crippen LogP contribution in [0.5, 0.6) is 11.5 Å². The Morgan fingerprint density at radius 2 is 1.86 bits per heavy atom. The SMILES string of the molecule is O=C(Cn1nc(-c2ccc3c(c2)OCO3)ccc1=O)Nc1ccc(Cl)c(Cl)c1. The van der Waals surface area contributed by atoms with Gasteiger partial charge in [0.05, 0.1) is 15.7 Å². The fourth-order valence-corrected chi connectivity index (χ4v) is 2.98. The number of carbonyl (C=O) groups excluding carboxylic acids is 1. The summed E-state index contributed by atoms with van der Waals surface area (Å²) in [5.74, 6) is 0.836. The van der Waals surface area contributed by atoms with Crippen molar-refractivity contribution < 1.29 is 14.3 Å². The molecule has 3 aromatic rings. The average Bonchev–Trinajstić information content (AvgIpc) is 3.14. The molecule has 142 valence electrons. The number of aromatic nitrogens is 2. The number of hydrogen-bond donors (Lipinski definition) is 1. The molecule has 1 amide bonds. The Morgan fingerprint density at radius 3 is 2.68 bits per heavy atom. The maximum absolute atomic E-state index is 12.3. The van der Waals surface area contributed by atoms with E-state index in [1.807, 2.05) is 0 Å². The fourth-order valence-electron chi connectivity index (χ4n) is 2.68. The molecule has 0 atom stereocenters. The van der Waals surface area contributed by atoms with Gasteiger partial charge in [0.15, 0.2) is 11.5 Å². The summed E-state index contributed by atoms with van der Waals surface area (Å²) in [5, 5.41) is 7.64. The molecule has 0 unspecified atom stereocenters. The van der Waals surface area contributed by atoms with Crippen molar-refractivity contribution in [3.05, 3.63) is 68.9 Å². The van der Waals surface area contributed by atoms with Gasteiger partial charge in [-0.3, -0.25) is 9.59 Å². The van der Waals surface area contributed by atoms with Gasteiger partial charge >= 0.3 is 0 Å². The van der Waals surface area contributed by atoms with Crippen molar-refractivity contribution in [2.45, 2.75) is 6.54 Å². The molecule has 4 rings (SSSR count). The molecule has 1 aromatic heterocycles. The zero-order valence-corrected chi connectivity index (χ0v) is 15.8. The minimum atomic E-state index is -0.421. The van der Waals surface area contributed by atoms with Crippen LogP contribution in [0.1, 0.15) is 0 Å². The lowest BCUT2D eigenvalue weighted by Crippen LogP contribution is -2.29. The number of anilines is 1. The number of fused-ring (bicyclic) bond motifs is 1. The van der Waals surface area contributed by atoms with Gasteiger partial charge in [0, 0.05) is 17.3 Å². The first-order valence-corrected chi connectivity index (χ1v) is 8.98. The second kappa shape index (κ2) is 7.53. The summed E-state index contributed by atoms with van der Waals surface area (Å²) in [5.41, 5.74) is 1.34. The minimum Gasteiger partial charge on any atom is -0.454 e. The highest BCUT2D eigenvalue weighted by Crippen LogP contribution is 2.35. The normalized spacial score (nSPS) is 12.1. The lowest BCUT2D eigenvalue weighted by molar-refractivity contribution is -0.117. The van der Waals surface area contributed by atoms with Gasteiger partial charge in [0.1, 0.15) is 6.54 Å². The Balaban J connectivity index is 1.54. The van der Waals surface area contributed by atoms with Gasteiger partial charge in [-0.25, -0.2) is 4.68 Å². The first-order valence-electron chi connectivity index (χ1n) is 8.23. The zero-order valence-electron chi connectivity index (χ0n) is 14.3. The Morgan fingerprint density at radius 1 is 1.04 bits per heavy atom. The van der Waals surface area contributed by atoms with Crippen LogP contribution in [-0.4, -0.2) is 22.5 Å². The maximum atomic E-state index is 12.3. The van der Waals surface area contributed by atoms with Gasteiger partial charge in [-0.1, -0.05) is 23.2 Å². The first kappa shape index (κ1) is 18.3. The van der Waals surface area contributed by atoms with Crippen LogP contribution in [0.3, 0.4) is 0 Å². The minimum absolute atomic E-state index is 0.167. The van der Waals surface area contributed by atoms with E-state index in [2.05, 4.69) is 10.4 Å². The fraction of sp³-hybridized carbons (Fsp3) is 0.105. The van der Waals surface area contributed by atoms with Gasteiger partial charge < -0.3 is 14.8 Å². The van der Waals surface area contributed by atoms with Gasteiger partial charge in [0.25, 0.3) is 5.56 Å². The summed E-state index contributed by atoms with van der Waals surface area (Å²) in [4.78, 5) is 24.4. The van der Waals surface area contributed by atoms with Crippen LogP contribution in [0, 0.1) is 0 Å². The standard InChI is InChI=1S/C19H13Cl2N3O4/c20-13-3-2-12(8-14(13)21)22-18(25)9-24-19(26)6-4-15(23-24)11-1-5-16-17(7-11)28-10-27-16/h1-8H,9-10H2,(H,22,25). The molecule has 0 bridgehead atoms. The largest absolute Gasteiger partial charge is 0.454 e. The first-order chi connectivity index (χ1) is 13.5. The highest BCUT2D eigenvalue weighted by Gasteiger charge is 2.15. The second-order valence-electron chi connectivity index (χ2n) is 5.96. The summed E-state index contributed by atoms with van der Waals surface area (Å²) in [7, 11) is 0. The van der Waals surface area contributed by atoms with Crippen LogP contribution in [0.25, 0.3) is 11.3 Å². The Kier molecular flexibility index (Phi) is 4.93. The third-order valence-corrected chi connectivity index (χ3v) is 4.77. The molecule has 1 N–H and O–H groups in total. The molecule has 0 saturated heterocycles. The van der Waals surface area contributed by atoms with E-state index in [1.54, 1.807) is 36.4 Å². The van der Waals surface area contributed by atoms with Crippen molar-refractivity contribution in [3.63, 3.8) is 0 Å². The predicted octanol–water partition coefficient (Wildman–Crippen LogP) is 3.58. The van der Waals surface area contributed by atoms with Crippen LogP contribution in [0.15, 0.2) is 53.3 Å². The Bertz CT molecular complexity index is 1130. The molecular weight excluding hydrogens is 405 g/mol. The average molecular weight is 418 g/mol. The Hall–Kier alpha value is -3.03. The molecule has 1 aliphatic heterocycles.